The first-order valence-corrected chi connectivity index (χ1v) is 8.57. The number of ether oxygens (including phenoxy) is 2. The van der Waals surface area contributed by atoms with E-state index in [1.807, 2.05) is 31.2 Å². The number of amides is 2. The molecule has 0 aliphatic carbocycles. The van der Waals surface area contributed by atoms with E-state index in [2.05, 4.69) is 5.32 Å². The fourth-order valence-corrected chi connectivity index (χ4v) is 2.85. The van der Waals surface area contributed by atoms with E-state index < -0.39 is 6.10 Å². The van der Waals surface area contributed by atoms with Gasteiger partial charge in [-0.25, -0.2) is 0 Å². The molecule has 1 atom stereocenters. The zero-order chi connectivity index (χ0) is 18.7. The van der Waals surface area contributed by atoms with E-state index in [0.29, 0.717) is 23.7 Å². The van der Waals surface area contributed by atoms with Crippen LogP contribution in [0.15, 0.2) is 42.5 Å². The fraction of sp³-hybridized carbons (Fsp3) is 0.300. The number of hydrogen-bond acceptors (Lipinski definition) is 4. The zero-order valence-corrected chi connectivity index (χ0v) is 15.1. The monoisotopic (exact) mass is 354 g/mol. The maximum atomic E-state index is 12.3. The van der Waals surface area contributed by atoms with Crippen LogP contribution in [0.25, 0.3) is 0 Å². The number of nitrogens with zero attached hydrogens (tertiary/aromatic N) is 1. The maximum absolute atomic E-state index is 12.3. The lowest BCUT2D eigenvalue weighted by Gasteiger charge is -2.30. The average molecular weight is 354 g/mol. The number of likely N-dealkylation sites (N-methyl/N-ethyl adjacent to an activating group) is 1. The topological polar surface area (TPSA) is 67.9 Å². The summed E-state index contributed by atoms with van der Waals surface area (Å²) < 4.78 is 11.0. The minimum atomic E-state index is -0.507. The van der Waals surface area contributed by atoms with E-state index in [4.69, 9.17) is 9.47 Å². The molecule has 6 nitrogen and oxygen atoms in total. The maximum Gasteiger partial charge on any atom is 0.267 e. The van der Waals surface area contributed by atoms with Gasteiger partial charge in [0.1, 0.15) is 11.5 Å². The Hall–Kier alpha value is -3.02. The van der Waals surface area contributed by atoms with Gasteiger partial charge in [-0.2, -0.15) is 0 Å². The number of benzene rings is 2. The second-order valence-corrected chi connectivity index (χ2v) is 6.14. The molecular formula is C20H22N2O4. The highest BCUT2D eigenvalue weighted by molar-refractivity contribution is 6.00. The Labute approximate surface area is 152 Å². The van der Waals surface area contributed by atoms with Gasteiger partial charge in [-0.1, -0.05) is 12.1 Å². The third-order valence-electron chi connectivity index (χ3n) is 4.19. The van der Waals surface area contributed by atoms with Crippen molar-refractivity contribution in [3.05, 3.63) is 48.0 Å². The first-order chi connectivity index (χ1) is 12.5. The van der Waals surface area contributed by atoms with Gasteiger partial charge in [0.2, 0.25) is 5.91 Å². The lowest BCUT2D eigenvalue weighted by Crippen LogP contribution is -2.42. The standard InChI is InChI=1S/C20H22N2O4/c1-4-25-16-8-5-14(6-9-16)11-19(23)21-15-7-10-18-17(12-15)22(3)20(24)13(2)26-18/h5-10,12-13H,4,11H2,1-3H3,(H,21,23). The summed E-state index contributed by atoms with van der Waals surface area (Å²) in [5.74, 6) is 1.17. The van der Waals surface area contributed by atoms with E-state index in [-0.39, 0.29) is 18.2 Å². The van der Waals surface area contributed by atoms with Crippen molar-refractivity contribution in [3.63, 3.8) is 0 Å². The van der Waals surface area contributed by atoms with Gasteiger partial charge in [-0.15, -0.1) is 0 Å². The highest BCUT2D eigenvalue weighted by atomic mass is 16.5. The molecule has 0 saturated carbocycles. The summed E-state index contributed by atoms with van der Waals surface area (Å²) in [6, 6.07) is 12.7. The molecule has 2 aromatic carbocycles. The molecule has 6 heteroatoms. The highest BCUT2D eigenvalue weighted by Gasteiger charge is 2.29. The van der Waals surface area contributed by atoms with E-state index in [1.54, 1.807) is 37.1 Å². The molecule has 136 valence electrons. The molecule has 26 heavy (non-hydrogen) atoms. The Morgan fingerprint density at radius 1 is 1.23 bits per heavy atom. The van der Waals surface area contributed by atoms with E-state index >= 15 is 0 Å². The Kier molecular flexibility index (Phi) is 5.11. The van der Waals surface area contributed by atoms with Crippen LogP contribution in [0.2, 0.25) is 0 Å². The molecule has 0 spiro atoms. The van der Waals surface area contributed by atoms with Gasteiger partial charge in [0.05, 0.1) is 18.7 Å². The molecule has 2 aromatic rings. The Morgan fingerprint density at radius 2 is 1.96 bits per heavy atom. The molecule has 3 rings (SSSR count). The van der Waals surface area contributed by atoms with E-state index in [0.717, 1.165) is 11.3 Å². The lowest BCUT2D eigenvalue weighted by atomic mass is 10.1. The normalized spacial score (nSPS) is 15.9. The van der Waals surface area contributed by atoms with Crippen LogP contribution in [0.3, 0.4) is 0 Å². The number of rotatable bonds is 5. The second kappa shape index (κ2) is 7.47. The minimum absolute atomic E-state index is 0.115. The first kappa shape index (κ1) is 17.8. The highest BCUT2D eigenvalue weighted by Crippen LogP contribution is 2.35. The van der Waals surface area contributed by atoms with Crippen molar-refractivity contribution >= 4 is 23.2 Å². The summed E-state index contributed by atoms with van der Waals surface area (Å²) in [7, 11) is 1.70. The van der Waals surface area contributed by atoms with Gasteiger partial charge in [0.15, 0.2) is 6.10 Å². The predicted octanol–water partition coefficient (Wildman–Crippen LogP) is 3.01. The van der Waals surface area contributed by atoms with Crippen molar-refractivity contribution in [2.75, 3.05) is 23.9 Å². The van der Waals surface area contributed by atoms with Crippen molar-refractivity contribution in [2.45, 2.75) is 26.4 Å². The molecule has 0 radical (unpaired) electrons. The summed E-state index contributed by atoms with van der Waals surface area (Å²) in [6.45, 7) is 4.25. The smallest absolute Gasteiger partial charge is 0.267 e. The number of hydrogen-bond donors (Lipinski definition) is 1. The van der Waals surface area contributed by atoms with Crippen molar-refractivity contribution in [2.24, 2.45) is 0 Å². The number of carbonyl (C=O) groups is 2. The molecule has 1 unspecified atom stereocenters. The number of anilines is 2. The Bertz CT molecular complexity index is 817. The SMILES string of the molecule is CCOc1ccc(CC(=O)Nc2ccc3c(c2)N(C)C(=O)C(C)O3)cc1. The Morgan fingerprint density at radius 3 is 2.65 bits per heavy atom. The van der Waals surface area contributed by atoms with Gasteiger partial charge in [-0.3, -0.25) is 9.59 Å². The Balaban J connectivity index is 1.67. The van der Waals surface area contributed by atoms with Gasteiger partial charge < -0.3 is 19.7 Å². The number of carbonyl (C=O) groups excluding carboxylic acids is 2. The molecule has 1 N–H and O–H groups in total. The fourth-order valence-electron chi connectivity index (χ4n) is 2.85. The van der Waals surface area contributed by atoms with Crippen LogP contribution < -0.4 is 19.7 Å². The van der Waals surface area contributed by atoms with Crippen LogP contribution in [-0.4, -0.2) is 31.6 Å². The van der Waals surface area contributed by atoms with Crippen LogP contribution in [-0.2, 0) is 16.0 Å². The van der Waals surface area contributed by atoms with Gasteiger partial charge in [0, 0.05) is 12.7 Å². The van der Waals surface area contributed by atoms with Crippen LogP contribution in [0, 0.1) is 0 Å². The van der Waals surface area contributed by atoms with Crippen molar-refractivity contribution in [1.29, 1.82) is 0 Å². The minimum Gasteiger partial charge on any atom is -0.494 e. The van der Waals surface area contributed by atoms with Gasteiger partial charge >= 0.3 is 0 Å². The van der Waals surface area contributed by atoms with E-state index in [9.17, 15) is 9.59 Å². The molecule has 1 aliphatic heterocycles. The van der Waals surface area contributed by atoms with Crippen LogP contribution in [0.4, 0.5) is 11.4 Å². The van der Waals surface area contributed by atoms with Gasteiger partial charge in [0.25, 0.3) is 5.91 Å². The molecule has 0 bridgehead atoms. The lowest BCUT2D eigenvalue weighted by molar-refractivity contribution is -0.125. The second-order valence-electron chi connectivity index (χ2n) is 6.14. The molecule has 1 heterocycles. The van der Waals surface area contributed by atoms with E-state index in [1.165, 1.54) is 0 Å². The van der Waals surface area contributed by atoms with Crippen molar-refractivity contribution in [3.8, 4) is 11.5 Å². The predicted molar refractivity (Wildman–Crippen MR) is 99.9 cm³/mol. The molecule has 2 amide bonds. The average Bonchev–Trinajstić information content (AvgIpc) is 2.62. The molecule has 1 aliphatic rings. The van der Waals surface area contributed by atoms with Crippen molar-refractivity contribution < 1.29 is 19.1 Å². The summed E-state index contributed by atoms with van der Waals surface area (Å²) in [4.78, 5) is 25.9. The van der Waals surface area contributed by atoms with Crippen LogP contribution >= 0.6 is 0 Å². The quantitative estimate of drug-likeness (QED) is 0.896. The summed E-state index contributed by atoms with van der Waals surface area (Å²) in [5.41, 5.74) is 2.16. The van der Waals surface area contributed by atoms with Crippen molar-refractivity contribution in [1.82, 2.24) is 0 Å². The molecular weight excluding hydrogens is 332 g/mol. The molecule has 0 saturated heterocycles. The summed E-state index contributed by atoms with van der Waals surface area (Å²) in [5, 5.41) is 2.86. The largest absolute Gasteiger partial charge is 0.494 e. The zero-order valence-electron chi connectivity index (χ0n) is 15.1. The molecule has 0 fully saturated rings. The third kappa shape index (κ3) is 3.79. The van der Waals surface area contributed by atoms with Crippen LogP contribution in [0.1, 0.15) is 19.4 Å². The summed E-state index contributed by atoms with van der Waals surface area (Å²) in [6.07, 6.45) is -0.251. The number of fused-ring (bicyclic) bond motifs is 1. The van der Waals surface area contributed by atoms with Gasteiger partial charge in [-0.05, 0) is 49.7 Å². The molecule has 0 aromatic heterocycles. The number of nitrogens with one attached hydrogen (secondary N) is 1. The first-order valence-electron chi connectivity index (χ1n) is 8.57. The third-order valence-corrected chi connectivity index (χ3v) is 4.19. The summed E-state index contributed by atoms with van der Waals surface area (Å²) >= 11 is 0. The van der Waals surface area contributed by atoms with Crippen LogP contribution in [0.5, 0.6) is 11.5 Å².